The van der Waals surface area contributed by atoms with Crippen LogP contribution in [0.2, 0.25) is 0 Å². The van der Waals surface area contributed by atoms with Crippen molar-refractivity contribution in [1.82, 2.24) is 25.3 Å². The highest BCUT2D eigenvalue weighted by Gasteiger charge is 2.70. The Bertz CT molecular complexity index is 1540. The normalized spacial score (nSPS) is 23.8. The largest absolute Gasteiger partial charge is 0.353 e. The van der Waals surface area contributed by atoms with Crippen molar-refractivity contribution < 1.29 is 32.3 Å². The van der Waals surface area contributed by atoms with Gasteiger partial charge in [-0.15, -0.1) is 0 Å². The first-order valence-corrected chi connectivity index (χ1v) is 18.1. The molecule has 1 aromatic heterocycles. The second kappa shape index (κ2) is 15.1. The predicted molar refractivity (Wildman–Crippen MR) is 183 cm³/mol. The second-order valence-electron chi connectivity index (χ2n) is 14.8. The van der Waals surface area contributed by atoms with Crippen molar-refractivity contribution in [3.8, 4) is 0 Å². The number of hydrogen-bond acceptors (Lipinski definition) is 5. The predicted octanol–water partition coefficient (Wildman–Crippen LogP) is 5.82. The molecule has 3 N–H and O–H groups in total. The van der Waals surface area contributed by atoms with E-state index >= 15 is 4.39 Å². The first kappa shape index (κ1) is 37.4. The van der Waals surface area contributed by atoms with Crippen LogP contribution in [0.15, 0.2) is 30.5 Å². The SMILES string of the molecule is CCC(=O)NC(C)C1(c2ccc(NC(=O)C(NC(=O)c3ccnn3CC)C3CCC(C)CC3)c(F)c2)CC1.O=CN1CCC2(CC1)CC2(F)F. The van der Waals surface area contributed by atoms with Gasteiger partial charge in [0.2, 0.25) is 18.2 Å². The zero-order valence-electron chi connectivity index (χ0n) is 29.6. The molecule has 274 valence electrons. The quantitative estimate of drug-likeness (QED) is 0.255. The number of aryl methyl sites for hydroxylation is 1. The number of halogens is 3. The van der Waals surface area contributed by atoms with E-state index in [-0.39, 0.29) is 41.3 Å². The van der Waals surface area contributed by atoms with Crippen LogP contribution in [0.25, 0.3) is 0 Å². The summed E-state index contributed by atoms with van der Waals surface area (Å²) in [5.41, 5.74) is 0.278. The maximum atomic E-state index is 15.3. The number of benzene rings is 1. The minimum Gasteiger partial charge on any atom is -0.353 e. The number of nitrogens with one attached hydrogen (secondary N) is 3. The number of piperidine rings is 1. The molecular weight excluding hydrogens is 649 g/mol. The minimum atomic E-state index is -2.44. The molecule has 10 nitrogen and oxygen atoms in total. The van der Waals surface area contributed by atoms with Gasteiger partial charge in [0.1, 0.15) is 17.6 Å². The molecule has 2 unspecified atom stereocenters. The highest BCUT2D eigenvalue weighted by Crippen LogP contribution is 2.65. The summed E-state index contributed by atoms with van der Waals surface area (Å²) in [7, 11) is 0. The van der Waals surface area contributed by atoms with E-state index in [0.717, 1.165) is 50.5 Å². The molecular formula is C37H51F3N6O4. The summed E-state index contributed by atoms with van der Waals surface area (Å²) in [5.74, 6) is -3.23. The third kappa shape index (κ3) is 8.01. The number of carbonyl (C=O) groups excluding carboxylic acids is 4. The van der Waals surface area contributed by atoms with Crippen LogP contribution >= 0.6 is 0 Å². The van der Waals surface area contributed by atoms with Gasteiger partial charge in [-0.3, -0.25) is 23.9 Å². The van der Waals surface area contributed by atoms with Gasteiger partial charge < -0.3 is 20.9 Å². The van der Waals surface area contributed by atoms with Crippen LogP contribution in [-0.4, -0.2) is 69.9 Å². The highest BCUT2D eigenvalue weighted by molar-refractivity contribution is 6.00. The molecule has 4 amide bonds. The van der Waals surface area contributed by atoms with Gasteiger partial charge in [-0.05, 0) is 88.0 Å². The van der Waals surface area contributed by atoms with Gasteiger partial charge in [0, 0.05) is 55.5 Å². The van der Waals surface area contributed by atoms with Crippen molar-refractivity contribution in [2.45, 2.75) is 122 Å². The Hall–Kier alpha value is -3.90. The van der Waals surface area contributed by atoms with E-state index in [1.807, 2.05) is 19.9 Å². The topological polar surface area (TPSA) is 125 Å². The first-order valence-electron chi connectivity index (χ1n) is 18.1. The molecule has 2 heterocycles. The Labute approximate surface area is 292 Å². The lowest BCUT2D eigenvalue weighted by atomic mass is 9.79. The van der Waals surface area contributed by atoms with Gasteiger partial charge in [-0.2, -0.15) is 5.10 Å². The number of nitrogens with zero attached hydrogens (tertiary/aromatic N) is 3. The van der Waals surface area contributed by atoms with E-state index in [0.29, 0.717) is 50.5 Å². The van der Waals surface area contributed by atoms with Gasteiger partial charge in [0.05, 0.1) is 5.69 Å². The summed E-state index contributed by atoms with van der Waals surface area (Å²) in [5, 5.41) is 12.8. The fourth-order valence-electron chi connectivity index (χ4n) is 7.71. The number of carbonyl (C=O) groups is 4. The molecule has 2 atom stereocenters. The summed E-state index contributed by atoms with van der Waals surface area (Å²) in [4.78, 5) is 50.4. The Balaban J connectivity index is 0.000000338. The Morgan fingerprint density at radius 1 is 1.02 bits per heavy atom. The van der Waals surface area contributed by atoms with Crippen LogP contribution in [0.3, 0.4) is 0 Å². The van der Waals surface area contributed by atoms with Crippen LogP contribution in [0, 0.1) is 23.1 Å². The smallest absolute Gasteiger partial charge is 0.270 e. The van der Waals surface area contributed by atoms with Crippen LogP contribution in [0.1, 0.15) is 108 Å². The molecule has 3 aliphatic carbocycles. The number of hydrogen-bond donors (Lipinski definition) is 3. The van der Waals surface area contributed by atoms with Crippen molar-refractivity contribution in [2.75, 3.05) is 18.4 Å². The summed E-state index contributed by atoms with van der Waals surface area (Å²) in [6.07, 6.45) is 9.02. The maximum absolute atomic E-state index is 15.3. The van der Waals surface area contributed by atoms with Gasteiger partial charge in [0.15, 0.2) is 0 Å². The zero-order chi connectivity index (χ0) is 36.3. The van der Waals surface area contributed by atoms with Crippen LogP contribution < -0.4 is 16.0 Å². The van der Waals surface area contributed by atoms with E-state index in [2.05, 4.69) is 28.0 Å². The molecule has 0 radical (unpaired) electrons. The molecule has 2 aromatic rings. The third-order valence-electron chi connectivity index (χ3n) is 11.6. The van der Waals surface area contributed by atoms with Crippen molar-refractivity contribution in [2.24, 2.45) is 17.3 Å². The number of alkyl halides is 2. The second-order valence-corrected chi connectivity index (χ2v) is 14.8. The van der Waals surface area contributed by atoms with E-state index in [1.54, 1.807) is 34.8 Å². The van der Waals surface area contributed by atoms with E-state index < -0.39 is 29.1 Å². The standard InChI is InChI=1S/C29H40FN5O3.C8H11F2NO/c1-5-25(36)32-19(4)29(14-15-29)21-11-12-23(22(30)17-21)33-28(38)26(20-9-7-18(3)8-10-20)34-27(37)24-13-16-31-35(24)6-2;9-8(10)5-7(8)1-3-11(6-12)4-2-7/h11-13,16-20,26H,5-10,14-15H2,1-4H3,(H,32,36)(H,33,38)(H,34,37);6H,1-5H2. The van der Waals surface area contributed by atoms with Crippen LogP contribution in [0.4, 0.5) is 18.9 Å². The maximum Gasteiger partial charge on any atom is 0.270 e. The molecule has 1 aliphatic heterocycles. The molecule has 50 heavy (non-hydrogen) atoms. The highest BCUT2D eigenvalue weighted by atomic mass is 19.3. The molecule has 1 spiro atoms. The lowest BCUT2D eigenvalue weighted by Gasteiger charge is -2.32. The molecule has 1 saturated heterocycles. The fraction of sp³-hybridized carbons (Fsp3) is 0.649. The fourth-order valence-corrected chi connectivity index (χ4v) is 7.71. The Morgan fingerprint density at radius 3 is 2.22 bits per heavy atom. The van der Waals surface area contributed by atoms with Crippen LogP contribution in [-0.2, 0) is 26.3 Å². The molecule has 4 aliphatic rings. The zero-order valence-corrected chi connectivity index (χ0v) is 29.6. The van der Waals surface area contributed by atoms with Crippen molar-refractivity contribution in [3.63, 3.8) is 0 Å². The number of rotatable bonds is 11. The van der Waals surface area contributed by atoms with Crippen molar-refractivity contribution in [1.29, 1.82) is 0 Å². The van der Waals surface area contributed by atoms with E-state index in [4.69, 9.17) is 0 Å². The lowest BCUT2D eigenvalue weighted by Crippen LogP contribution is -2.49. The van der Waals surface area contributed by atoms with Gasteiger partial charge in [-0.25, -0.2) is 13.2 Å². The number of likely N-dealkylation sites (tertiary alicyclic amines) is 1. The summed E-state index contributed by atoms with van der Waals surface area (Å²) < 4.78 is 42.5. The van der Waals surface area contributed by atoms with E-state index in [9.17, 15) is 28.0 Å². The molecule has 1 aromatic carbocycles. The lowest BCUT2D eigenvalue weighted by molar-refractivity contribution is -0.122. The Kier molecular flexibility index (Phi) is 11.3. The molecule has 4 fully saturated rings. The molecule has 0 bridgehead atoms. The average molecular weight is 701 g/mol. The summed E-state index contributed by atoms with van der Waals surface area (Å²) in [6.45, 7) is 9.39. The third-order valence-corrected chi connectivity index (χ3v) is 11.6. The van der Waals surface area contributed by atoms with Gasteiger partial charge in [0.25, 0.3) is 11.8 Å². The van der Waals surface area contributed by atoms with E-state index in [1.165, 1.54) is 6.07 Å². The van der Waals surface area contributed by atoms with Gasteiger partial charge in [-0.1, -0.05) is 32.8 Å². The number of amides is 4. The Morgan fingerprint density at radius 2 is 1.68 bits per heavy atom. The molecule has 6 rings (SSSR count). The van der Waals surface area contributed by atoms with Gasteiger partial charge >= 0.3 is 0 Å². The minimum absolute atomic E-state index is 0.0275. The van der Waals surface area contributed by atoms with Crippen molar-refractivity contribution in [3.05, 3.63) is 47.5 Å². The first-order chi connectivity index (χ1) is 23.8. The summed E-state index contributed by atoms with van der Waals surface area (Å²) in [6, 6.07) is 5.62. The summed E-state index contributed by atoms with van der Waals surface area (Å²) >= 11 is 0. The number of anilines is 1. The monoisotopic (exact) mass is 700 g/mol. The molecule has 3 saturated carbocycles. The number of aromatic nitrogens is 2. The molecule has 13 heteroatoms. The van der Waals surface area contributed by atoms with Crippen molar-refractivity contribution >= 4 is 29.8 Å². The van der Waals surface area contributed by atoms with Crippen LogP contribution in [0.5, 0.6) is 0 Å². The average Bonchev–Trinajstić information content (AvgIpc) is 3.94.